The van der Waals surface area contributed by atoms with E-state index >= 15 is 0 Å². The Hall–Kier alpha value is -1.98. The van der Waals surface area contributed by atoms with Crippen molar-refractivity contribution in [1.82, 2.24) is 0 Å². The van der Waals surface area contributed by atoms with E-state index in [4.69, 9.17) is 0 Å². The summed E-state index contributed by atoms with van der Waals surface area (Å²) >= 11 is 0. The summed E-state index contributed by atoms with van der Waals surface area (Å²) in [5.74, 6) is -3.95. The topological polar surface area (TPSA) is 0 Å². The minimum absolute atomic E-state index is 0.0423. The summed E-state index contributed by atoms with van der Waals surface area (Å²) in [4.78, 5) is 0. The first-order chi connectivity index (χ1) is 10.8. The second kappa shape index (κ2) is 7.06. The van der Waals surface area contributed by atoms with E-state index in [0.29, 0.717) is 0 Å². The van der Waals surface area contributed by atoms with E-state index in [1.165, 1.54) is 6.07 Å². The molecule has 124 valence electrons. The van der Waals surface area contributed by atoms with E-state index in [1.807, 2.05) is 0 Å². The number of rotatable bonds is 5. The quantitative estimate of drug-likeness (QED) is 0.610. The van der Waals surface area contributed by atoms with Crippen LogP contribution in [-0.4, -0.2) is 6.18 Å². The average molecular weight is 332 g/mol. The Labute approximate surface area is 129 Å². The predicted octanol–water partition coefficient (Wildman–Crippen LogP) is 5.77. The number of alkyl halides is 3. The Balaban J connectivity index is 2.09. The van der Waals surface area contributed by atoms with E-state index in [0.717, 1.165) is 36.4 Å². The van der Waals surface area contributed by atoms with Crippen molar-refractivity contribution in [3.05, 3.63) is 71.0 Å². The third-order valence-corrected chi connectivity index (χ3v) is 3.65. The van der Waals surface area contributed by atoms with E-state index < -0.39 is 29.5 Å². The van der Waals surface area contributed by atoms with Crippen molar-refractivity contribution in [2.75, 3.05) is 0 Å². The molecule has 0 bridgehead atoms. The molecule has 2 aromatic rings. The summed E-state index contributed by atoms with van der Waals surface area (Å²) in [5.41, 5.74) is -0.277. The highest BCUT2D eigenvalue weighted by Gasteiger charge is 2.40. The zero-order chi connectivity index (χ0) is 17.0. The molecule has 23 heavy (non-hydrogen) atoms. The number of hydrogen-bond acceptors (Lipinski definition) is 0. The molecule has 0 aliphatic heterocycles. The Kier molecular flexibility index (Phi) is 5.34. The summed E-state index contributed by atoms with van der Waals surface area (Å²) in [5, 5.41) is 0. The van der Waals surface area contributed by atoms with Crippen molar-refractivity contribution in [2.24, 2.45) is 0 Å². The zero-order valence-corrected chi connectivity index (χ0v) is 12.0. The molecule has 6 heteroatoms. The second-order valence-electron chi connectivity index (χ2n) is 5.24. The van der Waals surface area contributed by atoms with E-state index in [9.17, 15) is 26.3 Å². The van der Waals surface area contributed by atoms with Gasteiger partial charge in [0.15, 0.2) is 0 Å². The maximum absolute atomic E-state index is 13.5. The smallest absolute Gasteiger partial charge is 0.207 e. The molecule has 0 nitrogen and oxygen atoms in total. The lowest BCUT2D eigenvalue weighted by Gasteiger charge is -2.20. The van der Waals surface area contributed by atoms with Gasteiger partial charge in [0.2, 0.25) is 0 Å². The number of benzene rings is 2. The normalized spacial score (nSPS) is 13.1. The maximum Gasteiger partial charge on any atom is 0.395 e. The van der Waals surface area contributed by atoms with Crippen molar-refractivity contribution in [2.45, 2.75) is 31.4 Å². The molecule has 1 unspecified atom stereocenters. The molecule has 1 atom stereocenters. The van der Waals surface area contributed by atoms with Crippen molar-refractivity contribution < 1.29 is 26.3 Å². The van der Waals surface area contributed by atoms with Gasteiger partial charge >= 0.3 is 6.18 Å². The van der Waals surface area contributed by atoms with Gasteiger partial charge in [-0.25, -0.2) is 13.2 Å². The van der Waals surface area contributed by atoms with Gasteiger partial charge in [-0.05, 0) is 49.1 Å². The molecule has 0 fully saturated rings. The maximum atomic E-state index is 13.5. The first-order valence-corrected chi connectivity index (χ1v) is 7.04. The Bertz CT molecular complexity index is 625. The summed E-state index contributed by atoms with van der Waals surface area (Å²) in [7, 11) is 0. The third kappa shape index (κ3) is 4.50. The Morgan fingerprint density at radius 1 is 0.826 bits per heavy atom. The summed E-state index contributed by atoms with van der Waals surface area (Å²) in [6, 6.07) is 7.42. The molecule has 2 rings (SSSR count). The molecule has 0 amide bonds. The fourth-order valence-corrected chi connectivity index (χ4v) is 2.47. The van der Waals surface area contributed by atoms with Crippen LogP contribution in [0.5, 0.6) is 0 Å². The highest BCUT2D eigenvalue weighted by molar-refractivity contribution is 5.23. The van der Waals surface area contributed by atoms with Crippen LogP contribution in [0, 0.1) is 17.5 Å². The molecule has 0 heterocycles. The minimum Gasteiger partial charge on any atom is -0.207 e. The van der Waals surface area contributed by atoms with Gasteiger partial charge in [0.25, 0.3) is 0 Å². The standard InChI is InChI=1S/C17H14F6/c18-12-9-7-11(8-10-12)14(17(21,22)23)4-1-3-13-15(19)5-2-6-16(13)20/h2,5-10,14H,1,3-4H2. The van der Waals surface area contributed by atoms with Crippen molar-refractivity contribution in [1.29, 1.82) is 0 Å². The summed E-state index contributed by atoms with van der Waals surface area (Å²) in [6.07, 6.45) is -5.01. The SMILES string of the molecule is Fc1ccc(C(CCCc2c(F)cccc2F)C(F)(F)F)cc1. The monoisotopic (exact) mass is 332 g/mol. The molecule has 0 aromatic heterocycles. The molecule has 2 aromatic carbocycles. The zero-order valence-electron chi connectivity index (χ0n) is 12.0. The van der Waals surface area contributed by atoms with Crippen molar-refractivity contribution in [3.8, 4) is 0 Å². The lowest BCUT2D eigenvalue weighted by Crippen LogP contribution is -2.21. The Morgan fingerprint density at radius 3 is 1.91 bits per heavy atom. The van der Waals surface area contributed by atoms with E-state index in [1.54, 1.807) is 0 Å². The third-order valence-electron chi connectivity index (χ3n) is 3.65. The first kappa shape index (κ1) is 17.4. The van der Waals surface area contributed by atoms with Crippen LogP contribution in [0.1, 0.15) is 29.9 Å². The van der Waals surface area contributed by atoms with Gasteiger partial charge in [0.1, 0.15) is 17.5 Å². The fraction of sp³-hybridized carbons (Fsp3) is 0.294. The van der Waals surface area contributed by atoms with Crippen LogP contribution in [-0.2, 0) is 6.42 Å². The first-order valence-electron chi connectivity index (χ1n) is 7.04. The highest BCUT2D eigenvalue weighted by Crippen LogP contribution is 2.38. The van der Waals surface area contributed by atoms with Gasteiger partial charge in [0, 0.05) is 5.56 Å². The van der Waals surface area contributed by atoms with Crippen LogP contribution in [0.2, 0.25) is 0 Å². The minimum atomic E-state index is -4.51. The van der Waals surface area contributed by atoms with Gasteiger partial charge < -0.3 is 0 Å². The summed E-state index contributed by atoms with van der Waals surface area (Å²) < 4.78 is 79.2. The molecule has 0 aliphatic rings. The largest absolute Gasteiger partial charge is 0.395 e. The van der Waals surface area contributed by atoms with Crippen LogP contribution in [0.4, 0.5) is 26.3 Å². The van der Waals surface area contributed by atoms with Crippen LogP contribution < -0.4 is 0 Å². The number of halogens is 6. The highest BCUT2D eigenvalue weighted by atomic mass is 19.4. The van der Waals surface area contributed by atoms with Gasteiger partial charge in [-0.1, -0.05) is 18.2 Å². The molecular weight excluding hydrogens is 318 g/mol. The van der Waals surface area contributed by atoms with Crippen molar-refractivity contribution in [3.63, 3.8) is 0 Å². The van der Waals surface area contributed by atoms with Crippen molar-refractivity contribution >= 4 is 0 Å². The number of hydrogen-bond donors (Lipinski definition) is 0. The molecule has 0 N–H and O–H groups in total. The van der Waals surface area contributed by atoms with Gasteiger partial charge in [-0.15, -0.1) is 0 Å². The van der Waals surface area contributed by atoms with Crippen LogP contribution >= 0.6 is 0 Å². The Morgan fingerprint density at radius 2 is 1.39 bits per heavy atom. The summed E-state index contributed by atoms with van der Waals surface area (Å²) in [6.45, 7) is 0. The lowest BCUT2D eigenvalue weighted by atomic mass is 9.92. The second-order valence-corrected chi connectivity index (χ2v) is 5.24. The van der Waals surface area contributed by atoms with Crippen LogP contribution in [0.25, 0.3) is 0 Å². The van der Waals surface area contributed by atoms with Crippen LogP contribution in [0.15, 0.2) is 42.5 Å². The molecule has 0 radical (unpaired) electrons. The van der Waals surface area contributed by atoms with Gasteiger partial charge in [0.05, 0.1) is 5.92 Å². The molecule has 0 spiro atoms. The van der Waals surface area contributed by atoms with Gasteiger partial charge in [-0.2, -0.15) is 13.2 Å². The lowest BCUT2D eigenvalue weighted by molar-refractivity contribution is -0.152. The fourth-order valence-electron chi connectivity index (χ4n) is 2.47. The van der Waals surface area contributed by atoms with E-state index in [-0.39, 0.29) is 30.4 Å². The van der Waals surface area contributed by atoms with Crippen LogP contribution in [0.3, 0.4) is 0 Å². The molecule has 0 saturated heterocycles. The molecule has 0 aliphatic carbocycles. The molecular formula is C17H14F6. The average Bonchev–Trinajstić information content (AvgIpc) is 2.46. The van der Waals surface area contributed by atoms with E-state index in [2.05, 4.69) is 0 Å². The molecule has 0 saturated carbocycles. The predicted molar refractivity (Wildman–Crippen MR) is 74.5 cm³/mol. The van der Waals surface area contributed by atoms with Gasteiger partial charge in [-0.3, -0.25) is 0 Å².